The summed E-state index contributed by atoms with van der Waals surface area (Å²) in [6, 6.07) is 22.2. The van der Waals surface area contributed by atoms with E-state index in [4.69, 9.17) is 0 Å². The minimum atomic E-state index is -0.482. The molecule has 2 N–H and O–H groups in total. The zero-order valence-electron chi connectivity index (χ0n) is 17.9. The first-order valence-corrected chi connectivity index (χ1v) is 11.5. The first kappa shape index (κ1) is 21.0. The summed E-state index contributed by atoms with van der Waals surface area (Å²) in [6.45, 7) is 1.90. The maximum absolute atomic E-state index is 13.0. The normalized spacial score (nSPS) is 15.9. The van der Waals surface area contributed by atoms with Gasteiger partial charge in [0.2, 0.25) is 11.8 Å². The molecule has 0 bridgehead atoms. The number of aromatic amines is 1. The number of carbonyl (C=O) groups is 3. The van der Waals surface area contributed by atoms with E-state index >= 15 is 0 Å². The predicted molar refractivity (Wildman–Crippen MR) is 131 cm³/mol. The number of nitrogens with one attached hydrogen (secondary N) is 2. The number of anilines is 2. The van der Waals surface area contributed by atoms with Gasteiger partial charge in [-0.1, -0.05) is 24.3 Å². The minimum absolute atomic E-state index is 0.151. The number of thioether (sulfide) groups is 1. The molecule has 0 spiro atoms. The minimum Gasteiger partial charge on any atom is -0.361 e. The number of amides is 3. The average molecular weight is 456 g/mol. The molecule has 5 rings (SSSR count). The third-order valence-electron chi connectivity index (χ3n) is 5.68. The molecule has 0 radical (unpaired) electrons. The van der Waals surface area contributed by atoms with Crippen molar-refractivity contribution in [2.45, 2.75) is 23.5 Å². The SMILES string of the molecule is Cc1ccccc1C(=O)Nc1ccc(SC2CC(=O)N(c3ccc4cc[nH]c4c3)C2=O)cc1. The Morgan fingerprint density at radius 2 is 1.82 bits per heavy atom. The first-order valence-electron chi connectivity index (χ1n) is 10.6. The van der Waals surface area contributed by atoms with Crippen molar-refractivity contribution in [1.29, 1.82) is 0 Å². The van der Waals surface area contributed by atoms with E-state index in [0.29, 0.717) is 16.9 Å². The maximum Gasteiger partial charge on any atom is 0.255 e. The van der Waals surface area contributed by atoms with Gasteiger partial charge < -0.3 is 10.3 Å². The first-order chi connectivity index (χ1) is 16.0. The van der Waals surface area contributed by atoms with Gasteiger partial charge in [-0.15, -0.1) is 11.8 Å². The summed E-state index contributed by atoms with van der Waals surface area (Å²) in [6.07, 6.45) is 1.98. The molecule has 0 aliphatic carbocycles. The van der Waals surface area contributed by atoms with Crippen LogP contribution >= 0.6 is 11.8 Å². The molecule has 3 aromatic carbocycles. The van der Waals surface area contributed by atoms with Crippen LogP contribution in [0.15, 0.2) is 83.9 Å². The van der Waals surface area contributed by atoms with Crippen molar-refractivity contribution >= 4 is 51.8 Å². The number of hydrogen-bond donors (Lipinski definition) is 2. The van der Waals surface area contributed by atoms with Gasteiger partial charge in [0.25, 0.3) is 5.91 Å². The molecule has 1 unspecified atom stereocenters. The summed E-state index contributed by atoms with van der Waals surface area (Å²) in [5.41, 5.74) is 3.67. The molecule has 1 fully saturated rings. The fraction of sp³-hybridized carbons (Fsp3) is 0.115. The lowest BCUT2D eigenvalue weighted by atomic mass is 10.1. The standard InChI is InChI=1S/C26H21N3O3S/c1-16-4-2-3-5-21(16)25(31)28-18-7-10-20(11-8-18)33-23-15-24(30)29(26(23)32)19-9-6-17-12-13-27-22(17)14-19/h2-14,23,27H,15H2,1H3,(H,28,31). The highest BCUT2D eigenvalue weighted by Crippen LogP contribution is 2.35. The molecule has 164 valence electrons. The van der Waals surface area contributed by atoms with Gasteiger partial charge in [0, 0.05) is 34.3 Å². The van der Waals surface area contributed by atoms with Gasteiger partial charge in [-0.05, 0) is 66.4 Å². The molecule has 1 aromatic heterocycles. The van der Waals surface area contributed by atoms with Crippen LogP contribution in [0.2, 0.25) is 0 Å². The number of H-pyrrole nitrogens is 1. The van der Waals surface area contributed by atoms with Crippen LogP contribution < -0.4 is 10.2 Å². The molecule has 1 aliphatic heterocycles. The van der Waals surface area contributed by atoms with Gasteiger partial charge in [0.15, 0.2) is 0 Å². The zero-order valence-corrected chi connectivity index (χ0v) is 18.7. The number of hydrogen-bond acceptors (Lipinski definition) is 4. The molecule has 2 heterocycles. The summed E-state index contributed by atoms with van der Waals surface area (Å²) in [5, 5.41) is 3.44. The average Bonchev–Trinajstić information content (AvgIpc) is 3.38. The van der Waals surface area contributed by atoms with Crippen molar-refractivity contribution < 1.29 is 14.4 Å². The van der Waals surface area contributed by atoms with E-state index in [1.54, 1.807) is 24.3 Å². The summed E-state index contributed by atoms with van der Waals surface area (Å²) >= 11 is 1.36. The molecule has 0 saturated carbocycles. The van der Waals surface area contributed by atoms with Crippen LogP contribution in [0.5, 0.6) is 0 Å². The smallest absolute Gasteiger partial charge is 0.255 e. The number of aryl methyl sites for hydroxylation is 1. The van der Waals surface area contributed by atoms with Crippen LogP contribution in [-0.2, 0) is 9.59 Å². The molecule has 6 nitrogen and oxygen atoms in total. The Morgan fingerprint density at radius 3 is 2.61 bits per heavy atom. The maximum atomic E-state index is 13.0. The monoisotopic (exact) mass is 455 g/mol. The Balaban J connectivity index is 1.26. The van der Waals surface area contributed by atoms with Crippen molar-refractivity contribution in [2.24, 2.45) is 0 Å². The van der Waals surface area contributed by atoms with E-state index in [0.717, 1.165) is 21.4 Å². The number of rotatable bonds is 5. The second-order valence-corrected chi connectivity index (χ2v) is 9.20. The molecular formula is C26H21N3O3S. The largest absolute Gasteiger partial charge is 0.361 e. The van der Waals surface area contributed by atoms with Crippen LogP contribution in [-0.4, -0.2) is 28.0 Å². The van der Waals surface area contributed by atoms with Gasteiger partial charge in [0.05, 0.1) is 10.9 Å². The summed E-state index contributed by atoms with van der Waals surface area (Å²) < 4.78 is 0. The fourth-order valence-electron chi connectivity index (χ4n) is 3.95. The zero-order chi connectivity index (χ0) is 22.9. The Labute approximate surface area is 195 Å². The highest BCUT2D eigenvalue weighted by atomic mass is 32.2. The molecule has 3 amide bonds. The second-order valence-electron chi connectivity index (χ2n) is 7.92. The fourth-order valence-corrected chi connectivity index (χ4v) is 5.00. The molecular weight excluding hydrogens is 434 g/mol. The van der Waals surface area contributed by atoms with E-state index in [2.05, 4.69) is 10.3 Å². The van der Waals surface area contributed by atoms with Gasteiger partial charge in [0.1, 0.15) is 0 Å². The Kier molecular flexibility index (Phi) is 5.48. The topological polar surface area (TPSA) is 82.3 Å². The Bertz CT molecular complexity index is 1380. The molecule has 33 heavy (non-hydrogen) atoms. The Morgan fingerprint density at radius 1 is 1.03 bits per heavy atom. The number of benzene rings is 3. The molecule has 1 saturated heterocycles. The van der Waals surface area contributed by atoms with Crippen LogP contribution in [0, 0.1) is 6.92 Å². The van der Waals surface area contributed by atoms with Crippen LogP contribution in [0.3, 0.4) is 0 Å². The van der Waals surface area contributed by atoms with Gasteiger partial charge >= 0.3 is 0 Å². The number of imide groups is 1. The van der Waals surface area contributed by atoms with E-state index in [1.807, 2.05) is 61.7 Å². The molecule has 1 aliphatic rings. The molecule has 4 aromatic rings. The quantitative estimate of drug-likeness (QED) is 0.408. The highest BCUT2D eigenvalue weighted by Gasteiger charge is 2.40. The molecule has 1 atom stereocenters. The van der Waals surface area contributed by atoms with Gasteiger partial charge in [-0.2, -0.15) is 0 Å². The number of fused-ring (bicyclic) bond motifs is 1. The Hall–Kier alpha value is -3.84. The summed E-state index contributed by atoms with van der Waals surface area (Å²) in [5.74, 6) is -0.585. The van der Waals surface area contributed by atoms with Crippen LogP contribution in [0.4, 0.5) is 11.4 Å². The van der Waals surface area contributed by atoms with Crippen molar-refractivity contribution in [3.05, 3.63) is 90.1 Å². The summed E-state index contributed by atoms with van der Waals surface area (Å²) in [4.78, 5) is 43.4. The lowest BCUT2D eigenvalue weighted by molar-refractivity contribution is -0.121. The molecule has 7 heteroatoms. The highest BCUT2D eigenvalue weighted by molar-refractivity contribution is 8.00. The third-order valence-corrected chi connectivity index (χ3v) is 6.88. The van der Waals surface area contributed by atoms with Crippen LogP contribution in [0.25, 0.3) is 10.9 Å². The number of aromatic nitrogens is 1. The third kappa shape index (κ3) is 4.15. The van der Waals surface area contributed by atoms with Gasteiger partial charge in [-0.25, -0.2) is 4.90 Å². The lowest BCUT2D eigenvalue weighted by Crippen LogP contribution is -2.31. The van der Waals surface area contributed by atoms with E-state index in [9.17, 15) is 14.4 Å². The summed E-state index contributed by atoms with van der Waals surface area (Å²) in [7, 11) is 0. The number of nitrogens with zero attached hydrogens (tertiary/aromatic N) is 1. The second kappa shape index (κ2) is 8.60. The van der Waals surface area contributed by atoms with E-state index in [-0.39, 0.29) is 24.1 Å². The van der Waals surface area contributed by atoms with Crippen molar-refractivity contribution in [2.75, 3.05) is 10.2 Å². The number of carbonyl (C=O) groups excluding carboxylic acids is 3. The van der Waals surface area contributed by atoms with Crippen LogP contribution in [0.1, 0.15) is 22.3 Å². The van der Waals surface area contributed by atoms with E-state index in [1.165, 1.54) is 16.7 Å². The van der Waals surface area contributed by atoms with Crippen molar-refractivity contribution in [3.63, 3.8) is 0 Å². The van der Waals surface area contributed by atoms with Gasteiger partial charge in [-0.3, -0.25) is 14.4 Å². The van der Waals surface area contributed by atoms with Crippen molar-refractivity contribution in [1.82, 2.24) is 4.98 Å². The predicted octanol–water partition coefficient (Wildman–Crippen LogP) is 5.15. The van der Waals surface area contributed by atoms with Crippen molar-refractivity contribution in [3.8, 4) is 0 Å². The van der Waals surface area contributed by atoms with E-state index < -0.39 is 5.25 Å². The lowest BCUT2D eigenvalue weighted by Gasteiger charge is -2.15.